The smallest absolute Gasteiger partial charge is 0.387 e. The van der Waals surface area contributed by atoms with Gasteiger partial charge in [-0.05, 0) is 36.1 Å². The number of hydrogen-bond acceptors (Lipinski definition) is 3. The van der Waals surface area contributed by atoms with Crippen LogP contribution in [0.2, 0.25) is 0 Å². The molecule has 0 aliphatic rings. The lowest BCUT2D eigenvalue weighted by Gasteiger charge is -2.21. The average molecular weight is 376 g/mol. The lowest BCUT2D eigenvalue weighted by molar-refractivity contribution is -0.121. The molecule has 4 nitrogen and oxygen atoms in total. The summed E-state index contributed by atoms with van der Waals surface area (Å²) in [5.41, 5.74) is 1.84. The second kappa shape index (κ2) is 10.6. The molecule has 6 heteroatoms. The summed E-state index contributed by atoms with van der Waals surface area (Å²) in [6.45, 7) is 1.38. The van der Waals surface area contributed by atoms with E-state index in [1.165, 1.54) is 12.1 Å². The summed E-state index contributed by atoms with van der Waals surface area (Å²) in [7, 11) is 0. The first kappa shape index (κ1) is 20.8. The number of rotatable bonds is 10. The summed E-state index contributed by atoms with van der Waals surface area (Å²) in [6.07, 6.45) is 1.77. The molecule has 1 amide bonds. The van der Waals surface area contributed by atoms with Crippen molar-refractivity contribution >= 4 is 5.91 Å². The molecule has 0 saturated heterocycles. The Hall–Kier alpha value is -2.47. The van der Waals surface area contributed by atoms with E-state index < -0.39 is 6.61 Å². The fraction of sp³-hybridized carbons (Fsp3) is 0.381. The van der Waals surface area contributed by atoms with Crippen LogP contribution in [-0.4, -0.2) is 25.1 Å². The molecule has 0 saturated carbocycles. The van der Waals surface area contributed by atoms with Crippen LogP contribution in [0.4, 0.5) is 8.78 Å². The maximum Gasteiger partial charge on any atom is 0.387 e. The second-order valence-electron chi connectivity index (χ2n) is 6.25. The van der Waals surface area contributed by atoms with Gasteiger partial charge >= 0.3 is 6.61 Å². The van der Waals surface area contributed by atoms with E-state index in [1.54, 1.807) is 12.1 Å². The van der Waals surface area contributed by atoms with Crippen molar-refractivity contribution in [1.29, 1.82) is 0 Å². The van der Waals surface area contributed by atoms with Crippen LogP contribution >= 0.6 is 0 Å². The Bertz CT molecular complexity index is 689. The second-order valence-corrected chi connectivity index (χ2v) is 6.25. The van der Waals surface area contributed by atoms with E-state index in [2.05, 4.69) is 15.4 Å². The predicted molar refractivity (Wildman–Crippen MR) is 102 cm³/mol. The molecule has 2 aromatic carbocycles. The van der Waals surface area contributed by atoms with Gasteiger partial charge in [0.05, 0.1) is 12.6 Å². The van der Waals surface area contributed by atoms with Gasteiger partial charge in [-0.3, -0.25) is 10.1 Å². The molecule has 0 spiro atoms. The van der Waals surface area contributed by atoms with Crippen molar-refractivity contribution in [2.45, 2.75) is 45.4 Å². The van der Waals surface area contributed by atoms with Gasteiger partial charge in [-0.25, -0.2) is 0 Å². The highest BCUT2D eigenvalue weighted by Gasteiger charge is 2.16. The molecule has 2 N–H and O–H groups in total. The first-order chi connectivity index (χ1) is 13.0. The number of carbonyl (C=O) groups is 1. The van der Waals surface area contributed by atoms with E-state index in [9.17, 15) is 13.6 Å². The van der Waals surface area contributed by atoms with Crippen LogP contribution in [0.5, 0.6) is 5.75 Å². The van der Waals surface area contributed by atoms with Crippen molar-refractivity contribution in [3.63, 3.8) is 0 Å². The molecule has 0 aliphatic heterocycles. The Morgan fingerprint density at radius 3 is 2.11 bits per heavy atom. The molecule has 2 rings (SSSR count). The number of amides is 1. The van der Waals surface area contributed by atoms with E-state index in [0.717, 1.165) is 24.0 Å². The molecule has 0 fully saturated rings. The molecule has 1 unspecified atom stereocenters. The monoisotopic (exact) mass is 376 g/mol. The predicted octanol–water partition coefficient (Wildman–Crippen LogP) is 4.27. The van der Waals surface area contributed by atoms with Crippen molar-refractivity contribution in [2.75, 3.05) is 6.54 Å². The number of alkyl halides is 2. The minimum atomic E-state index is -2.85. The van der Waals surface area contributed by atoms with Crippen LogP contribution < -0.4 is 15.4 Å². The molecule has 0 aliphatic carbocycles. The van der Waals surface area contributed by atoms with Gasteiger partial charge in [-0.1, -0.05) is 56.3 Å². The van der Waals surface area contributed by atoms with Crippen molar-refractivity contribution in [1.82, 2.24) is 10.6 Å². The fourth-order valence-corrected chi connectivity index (χ4v) is 2.88. The van der Waals surface area contributed by atoms with Gasteiger partial charge in [0, 0.05) is 6.04 Å². The highest BCUT2D eigenvalue weighted by atomic mass is 19.3. The quantitative estimate of drug-likeness (QED) is 0.651. The zero-order valence-electron chi connectivity index (χ0n) is 15.6. The molecular weight excluding hydrogens is 350 g/mol. The van der Waals surface area contributed by atoms with Crippen LogP contribution in [0.25, 0.3) is 0 Å². The Labute approximate surface area is 158 Å². The van der Waals surface area contributed by atoms with E-state index >= 15 is 0 Å². The van der Waals surface area contributed by atoms with Gasteiger partial charge < -0.3 is 10.1 Å². The molecule has 0 aromatic heterocycles. The maximum absolute atomic E-state index is 12.3. The van der Waals surface area contributed by atoms with Gasteiger partial charge in [-0.2, -0.15) is 8.78 Å². The van der Waals surface area contributed by atoms with Crippen molar-refractivity contribution in [3.05, 3.63) is 65.7 Å². The summed E-state index contributed by atoms with van der Waals surface area (Å²) in [5, 5.41) is 6.27. The molecule has 2 aromatic rings. The zero-order chi connectivity index (χ0) is 19.6. The third-order valence-corrected chi connectivity index (χ3v) is 4.39. The van der Waals surface area contributed by atoms with Crippen molar-refractivity contribution in [3.8, 4) is 5.75 Å². The first-order valence-electron chi connectivity index (χ1n) is 9.15. The summed E-state index contributed by atoms with van der Waals surface area (Å²) in [6, 6.07) is 16.1. The molecule has 1 atom stereocenters. The van der Waals surface area contributed by atoms with Gasteiger partial charge in [0.15, 0.2) is 0 Å². The third kappa shape index (κ3) is 6.64. The summed E-state index contributed by atoms with van der Waals surface area (Å²) in [5.74, 6) is 0.0364. The third-order valence-electron chi connectivity index (χ3n) is 4.39. The lowest BCUT2D eigenvalue weighted by atomic mass is 9.98. The van der Waals surface area contributed by atoms with E-state index in [-0.39, 0.29) is 30.3 Å². The number of carbonyl (C=O) groups excluding carboxylic acids is 1. The highest BCUT2D eigenvalue weighted by Crippen LogP contribution is 2.24. The maximum atomic E-state index is 12.3. The van der Waals surface area contributed by atoms with Crippen LogP contribution in [0.3, 0.4) is 0 Å². The minimum absolute atomic E-state index is 0.0673. The fourth-order valence-electron chi connectivity index (χ4n) is 2.88. The molecule has 0 radical (unpaired) electrons. The Kier molecular flexibility index (Phi) is 8.20. The summed E-state index contributed by atoms with van der Waals surface area (Å²) < 4.78 is 29.1. The molecule has 27 heavy (non-hydrogen) atoms. The Morgan fingerprint density at radius 1 is 0.963 bits per heavy atom. The molecule has 0 bridgehead atoms. The first-order valence-corrected chi connectivity index (χ1v) is 9.15. The standard InChI is InChI=1S/C21H26F2N2O2/c1-3-17(4-2)25-19(26)14-24-20(15-8-6-5-7-9-15)16-10-12-18(13-11-16)27-21(22)23/h5-13,17,20-21,24H,3-4,14H2,1-2H3,(H,25,26). The summed E-state index contributed by atoms with van der Waals surface area (Å²) in [4.78, 5) is 12.2. The van der Waals surface area contributed by atoms with Crippen LogP contribution in [0.1, 0.15) is 43.9 Å². The van der Waals surface area contributed by atoms with Gasteiger partial charge in [0.2, 0.25) is 5.91 Å². The normalized spacial score (nSPS) is 12.2. The number of ether oxygens (including phenoxy) is 1. The summed E-state index contributed by atoms with van der Waals surface area (Å²) >= 11 is 0. The highest BCUT2D eigenvalue weighted by molar-refractivity contribution is 5.78. The molecule has 0 heterocycles. The number of benzene rings is 2. The van der Waals surface area contributed by atoms with Gasteiger partial charge in [0.25, 0.3) is 0 Å². The Morgan fingerprint density at radius 2 is 1.56 bits per heavy atom. The average Bonchev–Trinajstić information content (AvgIpc) is 2.68. The van der Waals surface area contributed by atoms with Gasteiger partial charge in [-0.15, -0.1) is 0 Å². The van der Waals surface area contributed by atoms with Crippen LogP contribution in [-0.2, 0) is 4.79 Å². The van der Waals surface area contributed by atoms with E-state index in [4.69, 9.17) is 0 Å². The SMILES string of the molecule is CCC(CC)NC(=O)CNC(c1ccccc1)c1ccc(OC(F)F)cc1. The van der Waals surface area contributed by atoms with Crippen LogP contribution in [0, 0.1) is 0 Å². The largest absolute Gasteiger partial charge is 0.435 e. The number of nitrogens with one attached hydrogen (secondary N) is 2. The minimum Gasteiger partial charge on any atom is -0.435 e. The Balaban J connectivity index is 2.12. The topological polar surface area (TPSA) is 50.4 Å². The zero-order valence-corrected chi connectivity index (χ0v) is 15.6. The number of halogens is 2. The van der Waals surface area contributed by atoms with Crippen LogP contribution in [0.15, 0.2) is 54.6 Å². The molecular formula is C21H26F2N2O2. The van der Waals surface area contributed by atoms with Crippen molar-refractivity contribution in [2.24, 2.45) is 0 Å². The van der Waals surface area contributed by atoms with E-state index in [1.807, 2.05) is 44.2 Å². The lowest BCUT2D eigenvalue weighted by Crippen LogP contribution is -2.41. The van der Waals surface area contributed by atoms with E-state index in [0.29, 0.717) is 0 Å². The number of hydrogen-bond donors (Lipinski definition) is 2. The van der Waals surface area contributed by atoms with Crippen molar-refractivity contribution < 1.29 is 18.3 Å². The van der Waals surface area contributed by atoms with Gasteiger partial charge in [0.1, 0.15) is 5.75 Å². The molecule has 146 valence electrons.